The Kier molecular flexibility index (Phi) is 6.28. The molecule has 0 saturated carbocycles. The topological polar surface area (TPSA) is 52.6 Å². The van der Waals surface area contributed by atoms with Gasteiger partial charge in [-0.3, -0.25) is 4.99 Å². The molecule has 1 unspecified atom stereocenters. The van der Waals surface area contributed by atoms with E-state index in [1.54, 1.807) is 11.3 Å². The van der Waals surface area contributed by atoms with Gasteiger partial charge in [-0.25, -0.2) is 4.98 Å². The van der Waals surface area contributed by atoms with E-state index < -0.39 is 0 Å². The van der Waals surface area contributed by atoms with Gasteiger partial charge in [0.25, 0.3) is 0 Å². The van der Waals surface area contributed by atoms with Crippen molar-refractivity contribution in [3.05, 3.63) is 46.4 Å². The summed E-state index contributed by atoms with van der Waals surface area (Å²) in [4.78, 5) is 11.4. The summed E-state index contributed by atoms with van der Waals surface area (Å²) in [6.07, 6.45) is 3.35. The first-order valence-corrected chi connectivity index (χ1v) is 9.87. The van der Waals surface area contributed by atoms with Crippen LogP contribution in [0.4, 0.5) is 5.69 Å². The molecule has 25 heavy (non-hydrogen) atoms. The van der Waals surface area contributed by atoms with Crippen LogP contribution in [0.3, 0.4) is 0 Å². The number of anilines is 1. The Labute approximate surface area is 154 Å². The molecule has 1 saturated heterocycles. The summed E-state index contributed by atoms with van der Waals surface area (Å²) in [5, 5.41) is 10.3. The Bertz CT molecular complexity index is 682. The quantitative estimate of drug-likeness (QED) is 0.638. The molecule has 0 amide bonds. The Morgan fingerprint density at radius 3 is 2.92 bits per heavy atom. The Morgan fingerprint density at radius 1 is 1.36 bits per heavy atom. The van der Waals surface area contributed by atoms with Crippen molar-refractivity contribution in [1.82, 2.24) is 15.6 Å². The third-order valence-corrected chi connectivity index (χ3v) is 5.49. The molecule has 2 heterocycles. The highest BCUT2D eigenvalue weighted by Crippen LogP contribution is 2.19. The van der Waals surface area contributed by atoms with E-state index in [1.165, 1.54) is 23.5 Å². The summed E-state index contributed by atoms with van der Waals surface area (Å²) in [5.41, 5.74) is 2.38. The van der Waals surface area contributed by atoms with Crippen LogP contribution in [0.5, 0.6) is 0 Å². The Balaban J connectivity index is 1.52. The molecule has 0 radical (unpaired) electrons. The van der Waals surface area contributed by atoms with E-state index in [0.29, 0.717) is 12.6 Å². The molecule has 5 nitrogen and oxygen atoms in total. The van der Waals surface area contributed by atoms with Crippen LogP contribution in [-0.4, -0.2) is 37.1 Å². The molecule has 1 aliphatic heterocycles. The zero-order valence-electron chi connectivity index (χ0n) is 15.0. The van der Waals surface area contributed by atoms with Crippen molar-refractivity contribution in [1.29, 1.82) is 0 Å². The van der Waals surface area contributed by atoms with Gasteiger partial charge in [0.2, 0.25) is 0 Å². The lowest BCUT2D eigenvalue weighted by atomic mass is 10.1. The molecule has 134 valence electrons. The van der Waals surface area contributed by atoms with Gasteiger partial charge in [-0.1, -0.05) is 25.1 Å². The minimum atomic E-state index is 0.404. The first-order chi connectivity index (χ1) is 12.3. The highest BCUT2D eigenvalue weighted by molar-refractivity contribution is 7.09. The number of hydrogen-bond donors (Lipinski definition) is 2. The molecule has 0 aliphatic carbocycles. The third-order valence-electron chi connectivity index (χ3n) is 4.45. The van der Waals surface area contributed by atoms with Gasteiger partial charge in [0.05, 0.1) is 17.2 Å². The lowest BCUT2D eigenvalue weighted by molar-refractivity contribution is 0.468. The average Bonchev–Trinajstić information content (AvgIpc) is 3.14. The van der Waals surface area contributed by atoms with Gasteiger partial charge in [0, 0.05) is 37.2 Å². The number of aliphatic imine (C=N–C) groups is 1. The normalized spacial score (nSPS) is 18.2. The zero-order valence-corrected chi connectivity index (χ0v) is 15.9. The molecule has 1 aromatic heterocycles. The Morgan fingerprint density at radius 2 is 2.20 bits per heavy atom. The van der Waals surface area contributed by atoms with Crippen molar-refractivity contribution < 1.29 is 0 Å². The molecular formula is C19H27N5S. The van der Waals surface area contributed by atoms with Crippen molar-refractivity contribution in [2.45, 2.75) is 38.8 Å². The van der Waals surface area contributed by atoms with E-state index in [0.717, 1.165) is 31.2 Å². The van der Waals surface area contributed by atoms with Gasteiger partial charge in [-0.05, 0) is 31.4 Å². The summed E-state index contributed by atoms with van der Waals surface area (Å²) < 4.78 is 0. The van der Waals surface area contributed by atoms with Crippen LogP contribution in [0.1, 0.15) is 30.5 Å². The monoisotopic (exact) mass is 357 g/mol. The molecule has 0 bridgehead atoms. The van der Waals surface area contributed by atoms with Crippen molar-refractivity contribution in [3.63, 3.8) is 0 Å². The summed E-state index contributed by atoms with van der Waals surface area (Å²) in [5.74, 6) is 0.853. The second-order valence-electron chi connectivity index (χ2n) is 6.28. The van der Waals surface area contributed by atoms with Gasteiger partial charge in [-0.15, -0.1) is 11.3 Å². The largest absolute Gasteiger partial charge is 0.369 e. The number of nitrogens with zero attached hydrogens (tertiary/aromatic N) is 3. The highest BCUT2D eigenvalue weighted by atomic mass is 32.1. The molecule has 1 aliphatic rings. The van der Waals surface area contributed by atoms with E-state index >= 15 is 0 Å². The number of rotatable bonds is 5. The molecule has 2 aromatic rings. The minimum Gasteiger partial charge on any atom is -0.369 e. The molecule has 3 rings (SSSR count). The number of guanidine groups is 1. The predicted octanol–water partition coefficient (Wildman–Crippen LogP) is 3.04. The maximum Gasteiger partial charge on any atom is 0.191 e. The molecule has 1 aromatic carbocycles. The van der Waals surface area contributed by atoms with Crippen molar-refractivity contribution in [2.24, 2.45) is 4.99 Å². The number of aryl methyl sites for hydroxylation is 1. The number of piperidine rings is 1. The fraction of sp³-hybridized carbons (Fsp3) is 0.474. The van der Waals surface area contributed by atoms with Crippen LogP contribution in [0.2, 0.25) is 0 Å². The van der Waals surface area contributed by atoms with Crippen molar-refractivity contribution in [2.75, 3.05) is 25.0 Å². The fourth-order valence-electron chi connectivity index (χ4n) is 3.12. The maximum atomic E-state index is 4.60. The van der Waals surface area contributed by atoms with Crippen LogP contribution in [0.15, 0.2) is 40.7 Å². The number of thiazole rings is 1. The van der Waals surface area contributed by atoms with Crippen molar-refractivity contribution >= 4 is 23.0 Å². The molecule has 6 heteroatoms. The second-order valence-corrected chi connectivity index (χ2v) is 7.22. The third kappa shape index (κ3) is 4.95. The number of para-hydroxylation sites is 1. The lowest BCUT2D eigenvalue weighted by Gasteiger charge is -2.35. The molecule has 0 spiro atoms. The minimum absolute atomic E-state index is 0.404. The fourth-order valence-corrected chi connectivity index (χ4v) is 3.87. The molecular weight excluding hydrogens is 330 g/mol. The van der Waals surface area contributed by atoms with Gasteiger partial charge >= 0.3 is 0 Å². The van der Waals surface area contributed by atoms with Crippen LogP contribution in [-0.2, 0) is 13.0 Å². The van der Waals surface area contributed by atoms with Crippen molar-refractivity contribution in [3.8, 4) is 0 Å². The van der Waals surface area contributed by atoms with Gasteiger partial charge < -0.3 is 15.5 Å². The summed E-state index contributed by atoms with van der Waals surface area (Å²) in [6, 6.07) is 11.0. The lowest BCUT2D eigenvalue weighted by Crippen LogP contribution is -2.51. The summed E-state index contributed by atoms with van der Waals surface area (Å²) >= 11 is 1.72. The van der Waals surface area contributed by atoms with E-state index in [9.17, 15) is 0 Å². The summed E-state index contributed by atoms with van der Waals surface area (Å²) in [7, 11) is 1.83. The highest BCUT2D eigenvalue weighted by Gasteiger charge is 2.20. The molecule has 2 N–H and O–H groups in total. The van der Waals surface area contributed by atoms with E-state index in [2.05, 4.69) is 68.1 Å². The standard InChI is InChI=1S/C19H27N5S/c1-3-18-22-16(14-25-18)12-21-19(20-2)23-15-8-7-11-24(13-15)17-9-5-4-6-10-17/h4-6,9-10,14-15H,3,7-8,11-13H2,1-2H3,(H2,20,21,23). The molecule has 1 fully saturated rings. The molecule has 1 atom stereocenters. The number of benzene rings is 1. The zero-order chi connectivity index (χ0) is 17.5. The van der Waals surface area contributed by atoms with Gasteiger partial charge in [-0.2, -0.15) is 0 Å². The number of aromatic nitrogens is 1. The first kappa shape index (κ1) is 17.7. The number of hydrogen-bond acceptors (Lipinski definition) is 4. The van der Waals surface area contributed by atoms with E-state index in [1.807, 2.05) is 7.05 Å². The maximum absolute atomic E-state index is 4.60. The second kappa shape index (κ2) is 8.85. The number of nitrogens with one attached hydrogen (secondary N) is 2. The van der Waals surface area contributed by atoms with Gasteiger partial charge in [0.1, 0.15) is 0 Å². The van der Waals surface area contributed by atoms with E-state index in [4.69, 9.17) is 0 Å². The SMILES string of the molecule is CCc1nc(CNC(=NC)NC2CCCN(c3ccccc3)C2)cs1. The van der Waals surface area contributed by atoms with Gasteiger partial charge in [0.15, 0.2) is 5.96 Å². The van der Waals surface area contributed by atoms with Crippen LogP contribution in [0.25, 0.3) is 0 Å². The predicted molar refractivity (Wildman–Crippen MR) is 107 cm³/mol. The van der Waals surface area contributed by atoms with E-state index in [-0.39, 0.29) is 0 Å². The van der Waals surface area contributed by atoms with Crippen LogP contribution < -0.4 is 15.5 Å². The van der Waals surface area contributed by atoms with Crippen LogP contribution in [0, 0.1) is 0 Å². The van der Waals surface area contributed by atoms with Crippen LogP contribution >= 0.6 is 11.3 Å². The Hall–Kier alpha value is -2.08. The first-order valence-electron chi connectivity index (χ1n) is 8.99. The smallest absolute Gasteiger partial charge is 0.191 e. The summed E-state index contributed by atoms with van der Waals surface area (Å²) in [6.45, 7) is 4.97. The average molecular weight is 358 g/mol.